The Balaban J connectivity index is 1.52. The van der Waals surface area contributed by atoms with Gasteiger partial charge in [-0.05, 0) is 56.2 Å². The fraction of sp³-hybridized carbons (Fsp3) is 0.529. The Morgan fingerprint density at radius 2 is 2.23 bits per heavy atom. The summed E-state index contributed by atoms with van der Waals surface area (Å²) in [5, 5.41) is 4.28. The molecule has 5 heteroatoms. The van der Waals surface area contributed by atoms with Gasteiger partial charge in [0.1, 0.15) is 0 Å². The number of amides is 1. The highest BCUT2D eigenvalue weighted by atomic mass is 32.1. The van der Waals surface area contributed by atoms with E-state index in [9.17, 15) is 4.79 Å². The molecule has 2 aromatic heterocycles. The maximum absolute atomic E-state index is 12.9. The lowest BCUT2D eigenvalue weighted by atomic mass is 9.99. The summed E-state index contributed by atoms with van der Waals surface area (Å²) in [5.74, 6) is 0.231. The molecule has 1 aliphatic heterocycles. The molecule has 1 saturated heterocycles. The molecule has 3 heterocycles. The van der Waals surface area contributed by atoms with Crippen LogP contribution < -0.4 is 0 Å². The molecule has 1 aliphatic carbocycles. The van der Waals surface area contributed by atoms with Crippen LogP contribution in [0.15, 0.2) is 24.5 Å². The van der Waals surface area contributed by atoms with E-state index < -0.39 is 0 Å². The quantitative estimate of drug-likeness (QED) is 0.873. The zero-order valence-electron chi connectivity index (χ0n) is 12.7. The lowest BCUT2D eigenvalue weighted by Crippen LogP contribution is -2.37. The van der Waals surface area contributed by atoms with Crippen molar-refractivity contribution in [1.29, 1.82) is 0 Å². The van der Waals surface area contributed by atoms with Crippen molar-refractivity contribution in [2.45, 2.75) is 51.1 Å². The molecular weight excluding hydrogens is 294 g/mol. The molecule has 0 radical (unpaired) electrons. The van der Waals surface area contributed by atoms with E-state index >= 15 is 0 Å². The molecule has 0 saturated carbocycles. The summed E-state index contributed by atoms with van der Waals surface area (Å²) >= 11 is 1.73. The van der Waals surface area contributed by atoms with Crippen LogP contribution in [0, 0.1) is 0 Å². The number of carbonyl (C=O) groups is 1. The van der Waals surface area contributed by atoms with Gasteiger partial charge >= 0.3 is 0 Å². The van der Waals surface area contributed by atoms with E-state index in [1.165, 1.54) is 23.3 Å². The van der Waals surface area contributed by atoms with E-state index in [2.05, 4.69) is 16.1 Å². The van der Waals surface area contributed by atoms with Gasteiger partial charge in [0.2, 0.25) is 0 Å². The Morgan fingerprint density at radius 1 is 1.32 bits per heavy atom. The number of hydrogen-bond donors (Lipinski definition) is 0. The molecule has 4 rings (SSSR count). The molecule has 1 fully saturated rings. The standard InChI is InChI=1S/C17H21N3OS/c21-17(16-11-13-5-1-2-7-15(13)22-16)20-10-3-6-14(20)12-19-9-4-8-18-19/h4,8-9,11,14H,1-3,5-7,10,12H2. The fourth-order valence-electron chi connectivity index (χ4n) is 3.65. The molecule has 2 aromatic rings. The van der Waals surface area contributed by atoms with Crippen LogP contribution in [0.1, 0.15) is 45.8 Å². The number of carbonyl (C=O) groups excluding carboxylic acids is 1. The third-order valence-corrected chi connectivity index (χ3v) is 6.03. The van der Waals surface area contributed by atoms with Gasteiger partial charge in [-0.1, -0.05) is 0 Å². The molecule has 1 atom stereocenters. The van der Waals surface area contributed by atoms with Gasteiger partial charge in [0, 0.05) is 23.8 Å². The van der Waals surface area contributed by atoms with Crippen LogP contribution in [0.5, 0.6) is 0 Å². The van der Waals surface area contributed by atoms with E-state index in [0.717, 1.165) is 43.6 Å². The van der Waals surface area contributed by atoms with Gasteiger partial charge < -0.3 is 4.90 Å². The largest absolute Gasteiger partial charge is 0.333 e. The number of nitrogens with zero attached hydrogens (tertiary/aromatic N) is 3. The highest BCUT2D eigenvalue weighted by Gasteiger charge is 2.31. The third-order valence-electron chi connectivity index (χ3n) is 4.80. The first-order chi connectivity index (χ1) is 10.8. The average Bonchev–Trinajstić information content (AvgIpc) is 3.27. The Hall–Kier alpha value is -1.62. The van der Waals surface area contributed by atoms with Crippen LogP contribution in [0.4, 0.5) is 0 Å². The van der Waals surface area contributed by atoms with Gasteiger partial charge in [-0.3, -0.25) is 9.48 Å². The first-order valence-electron chi connectivity index (χ1n) is 8.21. The Kier molecular flexibility index (Phi) is 3.74. The van der Waals surface area contributed by atoms with E-state index in [1.807, 2.05) is 16.9 Å². The summed E-state index contributed by atoms with van der Waals surface area (Å²) in [6, 6.07) is 4.38. The Morgan fingerprint density at radius 3 is 3.05 bits per heavy atom. The number of likely N-dealkylation sites (tertiary alicyclic amines) is 1. The van der Waals surface area contributed by atoms with Gasteiger partial charge in [0.25, 0.3) is 5.91 Å². The maximum atomic E-state index is 12.9. The number of hydrogen-bond acceptors (Lipinski definition) is 3. The fourth-order valence-corrected chi connectivity index (χ4v) is 4.86. The van der Waals surface area contributed by atoms with Crippen molar-refractivity contribution in [2.75, 3.05) is 6.54 Å². The van der Waals surface area contributed by atoms with Crippen molar-refractivity contribution in [3.63, 3.8) is 0 Å². The second-order valence-corrected chi connectivity index (χ2v) is 7.43. The molecule has 1 amide bonds. The summed E-state index contributed by atoms with van der Waals surface area (Å²) in [4.78, 5) is 17.4. The lowest BCUT2D eigenvalue weighted by Gasteiger charge is -2.24. The van der Waals surface area contributed by atoms with Crippen molar-refractivity contribution in [3.8, 4) is 0 Å². The molecule has 4 nitrogen and oxygen atoms in total. The topological polar surface area (TPSA) is 38.1 Å². The van der Waals surface area contributed by atoms with Crippen LogP contribution in [0.3, 0.4) is 0 Å². The Bertz CT molecular complexity index is 638. The first kappa shape index (κ1) is 14.0. The summed E-state index contributed by atoms with van der Waals surface area (Å²) in [7, 11) is 0. The molecule has 0 aromatic carbocycles. The second-order valence-electron chi connectivity index (χ2n) is 6.29. The predicted octanol–water partition coefficient (Wildman–Crippen LogP) is 3.13. The van der Waals surface area contributed by atoms with Gasteiger partial charge in [-0.25, -0.2) is 0 Å². The third kappa shape index (κ3) is 2.58. The van der Waals surface area contributed by atoms with Gasteiger partial charge in [0.15, 0.2) is 0 Å². The van der Waals surface area contributed by atoms with Crippen molar-refractivity contribution in [3.05, 3.63) is 39.8 Å². The molecule has 116 valence electrons. The summed E-state index contributed by atoms with van der Waals surface area (Å²) in [6.45, 7) is 1.69. The molecule has 22 heavy (non-hydrogen) atoms. The van der Waals surface area contributed by atoms with E-state index in [1.54, 1.807) is 17.5 Å². The predicted molar refractivity (Wildman–Crippen MR) is 87.2 cm³/mol. The molecule has 2 aliphatic rings. The van der Waals surface area contributed by atoms with Crippen LogP contribution in [-0.4, -0.2) is 33.2 Å². The lowest BCUT2D eigenvalue weighted by molar-refractivity contribution is 0.0726. The molecular formula is C17H21N3OS. The van der Waals surface area contributed by atoms with E-state index in [4.69, 9.17) is 0 Å². The summed E-state index contributed by atoms with van der Waals surface area (Å²) in [5.41, 5.74) is 1.42. The molecule has 1 unspecified atom stereocenters. The van der Waals surface area contributed by atoms with Crippen molar-refractivity contribution >= 4 is 17.2 Å². The van der Waals surface area contributed by atoms with Crippen molar-refractivity contribution in [1.82, 2.24) is 14.7 Å². The minimum atomic E-state index is 0.231. The number of rotatable bonds is 3. The zero-order valence-corrected chi connectivity index (χ0v) is 13.5. The van der Waals surface area contributed by atoms with Crippen LogP contribution >= 0.6 is 11.3 Å². The Labute approximate surface area is 134 Å². The van der Waals surface area contributed by atoms with Crippen molar-refractivity contribution in [2.24, 2.45) is 0 Å². The first-order valence-corrected chi connectivity index (χ1v) is 9.03. The highest BCUT2D eigenvalue weighted by Crippen LogP contribution is 2.32. The SMILES string of the molecule is O=C(c1cc2c(s1)CCCC2)N1CCCC1Cn1cccn1. The second kappa shape index (κ2) is 5.88. The molecule has 0 N–H and O–H groups in total. The molecule has 0 spiro atoms. The van der Waals surface area contributed by atoms with Crippen LogP contribution in [0.2, 0.25) is 0 Å². The number of thiophene rings is 1. The number of aromatic nitrogens is 2. The van der Waals surface area contributed by atoms with Gasteiger partial charge in [0.05, 0.1) is 17.5 Å². The maximum Gasteiger partial charge on any atom is 0.264 e. The number of aryl methyl sites for hydroxylation is 2. The van der Waals surface area contributed by atoms with Crippen LogP contribution in [-0.2, 0) is 19.4 Å². The minimum Gasteiger partial charge on any atom is -0.333 e. The monoisotopic (exact) mass is 315 g/mol. The van der Waals surface area contributed by atoms with Crippen LogP contribution in [0.25, 0.3) is 0 Å². The smallest absolute Gasteiger partial charge is 0.264 e. The highest BCUT2D eigenvalue weighted by molar-refractivity contribution is 7.14. The van der Waals surface area contributed by atoms with Gasteiger partial charge in [-0.15, -0.1) is 11.3 Å². The summed E-state index contributed by atoms with van der Waals surface area (Å²) < 4.78 is 1.94. The van der Waals surface area contributed by atoms with E-state index in [0.29, 0.717) is 0 Å². The minimum absolute atomic E-state index is 0.231. The number of fused-ring (bicyclic) bond motifs is 1. The van der Waals surface area contributed by atoms with E-state index in [-0.39, 0.29) is 11.9 Å². The zero-order chi connectivity index (χ0) is 14.9. The average molecular weight is 315 g/mol. The van der Waals surface area contributed by atoms with Gasteiger partial charge in [-0.2, -0.15) is 5.10 Å². The summed E-state index contributed by atoms with van der Waals surface area (Å²) in [6.07, 6.45) is 10.8. The normalized spacial score (nSPS) is 21.1. The van der Waals surface area contributed by atoms with Crippen molar-refractivity contribution < 1.29 is 4.79 Å². The molecule has 0 bridgehead atoms.